The Morgan fingerprint density at radius 1 is 1.18 bits per heavy atom. The number of para-hydroxylation sites is 3. The molecule has 172 valence electrons. The molecular weight excluding hydrogens is 428 g/mol. The molecule has 0 saturated carbocycles. The Balaban J connectivity index is 2.00. The number of imidazole rings is 1. The molecule has 2 heterocycles. The number of carbonyl (C=O) groups is 2. The van der Waals surface area contributed by atoms with Crippen molar-refractivity contribution in [2.75, 3.05) is 31.8 Å². The predicted molar refractivity (Wildman–Crippen MR) is 120 cm³/mol. The van der Waals surface area contributed by atoms with Crippen LogP contribution in [0, 0.1) is 16.0 Å². The third-order valence-corrected chi connectivity index (χ3v) is 5.67. The Morgan fingerprint density at radius 2 is 1.91 bits per heavy atom. The van der Waals surface area contributed by atoms with Crippen LogP contribution in [0.3, 0.4) is 0 Å². The van der Waals surface area contributed by atoms with Crippen LogP contribution in [0.25, 0.3) is 11.0 Å². The Hall–Kier alpha value is -3.79. The van der Waals surface area contributed by atoms with E-state index in [4.69, 9.17) is 9.47 Å². The van der Waals surface area contributed by atoms with Gasteiger partial charge in [-0.2, -0.15) is 0 Å². The summed E-state index contributed by atoms with van der Waals surface area (Å²) in [4.78, 5) is 44.3. The fraction of sp³-hybridized carbons (Fsp3) is 0.348. The van der Waals surface area contributed by atoms with E-state index in [1.807, 2.05) is 18.2 Å². The van der Waals surface area contributed by atoms with Gasteiger partial charge in [0.05, 0.1) is 34.2 Å². The predicted octanol–water partition coefficient (Wildman–Crippen LogP) is 3.10. The number of rotatable bonds is 8. The zero-order valence-electron chi connectivity index (χ0n) is 18.3. The summed E-state index contributed by atoms with van der Waals surface area (Å²) in [5.41, 5.74) is 1.34. The van der Waals surface area contributed by atoms with Crippen LogP contribution in [0.5, 0.6) is 0 Å². The lowest BCUT2D eigenvalue weighted by molar-refractivity contribution is -0.385. The standard InChI is InChI=1S/C23H24N4O6/c1-3-33-22(29)19-20(15-9-4-6-11-17(15)27(30)31)26-18-12-7-5-10-16(18)24-23(26)25(21(19)28)13-8-14-32-2/h4-7,9-12,19-20H,3,8,13-14H2,1-2H3. The molecule has 1 aliphatic rings. The van der Waals surface area contributed by atoms with Gasteiger partial charge in [0.15, 0.2) is 5.92 Å². The third kappa shape index (κ3) is 3.93. The maximum Gasteiger partial charge on any atom is 0.321 e. The molecule has 2 atom stereocenters. The number of esters is 1. The summed E-state index contributed by atoms with van der Waals surface area (Å²) < 4.78 is 12.1. The molecule has 0 aliphatic carbocycles. The second-order valence-corrected chi connectivity index (χ2v) is 7.60. The zero-order chi connectivity index (χ0) is 23.5. The number of carbonyl (C=O) groups excluding carboxylic acids is 2. The van der Waals surface area contributed by atoms with Crippen molar-refractivity contribution in [1.29, 1.82) is 0 Å². The van der Waals surface area contributed by atoms with Crippen molar-refractivity contribution >= 4 is 34.5 Å². The van der Waals surface area contributed by atoms with Gasteiger partial charge in [0.25, 0.3) is 5.69 Å². The average Bonchev–Trinajstić information content (AvgIpc) is 3.19. The summed E-state index contributed by atoms with van der Waals surface area (Å²) in [6.45, 7) is 2.42. The highest BCUT2D eigenvalue weighted by Gasteiger charge is 2.49. The van der Waals surface area contributed by atoms with E-state index in [9.17, 15) is 19.7 Å². The Morgan fingerprint density at radius 3 is 2.64 bits per heavy atom. The van der Waals surface area contributed by atoms with Crippen molar-refractivity contribution in [1.82, 2.24) is 9.55 Å². The number of anilines is 1. The molecule has 1 aromatic heterocycles. The first kappa shape index (κ1) is 22.4. The van der Waals surface area contributed by atoms with E-state index >= 15 is 0 Å². The summed E-state index contributed by atoms with van der Waals surface area (Å²) in [6, 6.07) is 12.4. The first-order valence-electron chi connectivity index (χ1n) is 10.7. The van der Waals surface area contributed by atoms with Gasteiger partial charge in [0.2, 0.25) is 11.9 Å². The lowest BCUT2D eigenvalue weighted by Crippen LogP contribution is -2.50. The number of hydrogen-bond acceptors (Lipinski definition) is 7. The first-order chi connectivity index (χ1) is 16.0. The molecule has 2 aromatic carbocycles. The number of nitro benzene ring substituents is 1. The number of hydrogen-bond donors (Lipinski definition) is 0. The number of aromatic nitrogens is 2. The van der Waals surface area contributed by atoms with Crippen molar-refractivity contribution in [3.05, 3.63) is 64.2 Å². The summed E-state index contributed by atoms with van der Waals surface area (Å²) in [5, 5.41) is 11.9. The second-order valence-electron chi connectivity index (χ2n) is 7.60. The summed E-state index contributed by atoms with van der Waals surface area (Å²) >= 11 is 0. The van der Waals surface area contributed by atoms with E-state index in [2.05, 4.69) is 4.98 Å². The highest BCUT2D eigenvalue weighted by atomic mass is 16.6. The number of benzene rings is 2. The molecule has 1 aliphatic heterocycles. The van der Waals surface area contributed by atoms with E-state index in [-0.39, 0.29) is 24.4 Å². The molecule has 0 spiro atoms. The molecule has 4 rings (SSSR count). The molecule has 0 N–H and O–H groups in total. The fourth-order valence-corrected chi connectivity index (χ4v) is 4.31. The van der Waals surface area contributed by atoms with Crippen molar-refractivity contribution in [3.63, 3.8) is 0 Å². The first-order valence-corrected chi connectivity index (χ1v) is 10.7. The maximum atomic E-state index is 13.7. The van der Waals surface area contributed by atoms with Gasteiger partial charge < -0.3 is 14.0 Å². The minimum atomic E-state index is -1.31. The normalized spacial score (nSPS) is 17.8. The molecule has 1 amide bonds. The maximum absolute atomic E-state index is 13.7. The van der Waals surface area contributed by atoms with Crippen molar-refractivity contribution < 1.29 is 24.0 Å². The van der Waals surface area contributed by atoms with Gasteiger partial charge in [-0.15, -0.1) is 0 Å². The van der Waals surface area contributed by atoms with Crippen LogP contribution in [0.15, 0.2) is 48.5 Å². The molecule has 0 bridgehead atoms. The van der Waals surface area contributed by atoms with E-state index in [1.165, 1.54) is 11.0 Å². The van der Waals surface area contributed by atoms with Crippen LogP contribution >= 0.6 is 0 Å². The van der Waals surface area contributed by atoms with Gasteiger partial charge >= 0.3 is 5.97 Å². The fourth-order valence-electron chi connectivity index (χ4n) is 4.31. The largest absolute Gasteiger partial charge is 0.465 e. The van der Waals surface area contributed by atoms with Gasteiger partial charge in [0, 0.05) is 26.3 Å². The second kappa shape index (κ2) is 9.37. The minimum Gasteiger partial charge on any atom is -0.465 e. The molecule has 10 heteroatoms. The van der Waals surface area contributed by atoms with Gasteiger partial charge in [-0.05, 0) is 25.5 Å². The number of amides is 1. The highest BCUT2D eigenvalue weighted by Crippen LogP contribution is 2.43. The third-order valence-electron chi connectivity index (χ3n) is 5.67. The molecule has 2 unspecified atom stereocenters. The van der Waals surface area contributed by atoms with Crippen molar-refractivity contribution in [2.45, 2.75) is 19.4 Å². The van der Waals surface area contributed by atoms with Crippen LogP contribution in [-0.2, 0) is 19.1 Å². The van der Waals surface area contributed by atoms with Gasteiger partial charge in [-0.1, -0.05) is 30.3 Å². The number of nitro groups is 1. The van der Waals surface area contributed by atoms with Crippen molar-refractivity contribution in [3.8, 4) is 0 Å². The van der Waals surface area contributed by atoms with Crippen LogP contribution in [0.4, 0.5) is 11.6 Å². The van der Waals surface area contributed by atoms with Crippen LogP contribution in [0.2, 0.25) is 0 Å². The molecule has 0 saturated heterocycles. The van der Waals surface area contributed by atoms with Crippen molar-refractivity contribution in [2.24, 2.45) is 5.92 Å². The zero-order valence-corrected chi connectivity index (χ0v) is 18.3. The monoisotopic (exact) mass is 452 g/mol. The summed E-state index contributed by atoms with van der Waals surface area (Å²) in [6.07, 6.45) is 0.525. The topological polar surface area (TPSA) is 117 Å². The van der Waals surface area contributed by atoms with E-state index in [0.29, 0.717) is 30.0 Å². The average molecular weight is 452 g/mol. The minimum absolute atomic E-state index is 0.0768. The SMILES string of the molecule is CCOC(=O)C1C(=O)N(CCCOC)c2nc3ccccc3n2C1c1ccccc1[N+](=O)[O-]. The van der Waals surface area contributed by atoms with E-state index in [0.717, 1.165) is 0 Å². The van der Waals surface area contributed by atoms with E-state index < -0.39 is 28.8 Å². The van der Waals surface area contributed by atoms with Gasteiger partial charge in [-0.25, -0.2) is 4.98 Å². The lowest BCUT2D eigenvalue weighted by Gasteiger charge is -2.37. The van der Waals surface area contributed by atoms with Gasteiger partial charge in [-0.3, -0.25) is 24.6 Å². The Kier molecular flexibility index (Phi) is 6.36. The molecule has 3 aromatic rings. The van der Waals surface area contributed by atoms with Crippen LogP contribution in [-0.4, -0.2) is 53.2 Å². The number of nitrogens with zero attached hydrogens (tertiary/aromatic N) is 4. The van der Waals surface area contributed by atoms with E-state index in [1.54, 1.807) is 42.9 Å². The van der Waals surface area contributed by atoms with Gasteiger partial charge in [0.1, 0.15) is 0 Å². The van der Waals surface area contributed by atoms with Crippen LogP contribution in [0.1, 0.15) is 24.9 Å². The number of fused-ring (bicyclic) bond motifs is 3. The smallest absolute Gasteiger partial charge is 0.321 e. The summed E-state index contributed by atoms with van der Waals surface area (Å²) in [7, 11) is 1.57. The van der Waals surface area contributed by atoms with Crippen LogP contribution < -0.4 is 4.90 Å². The summed E-state index contributed by atoms with van der Waals surface area (Å²) in [5.74, 6) is -2.21. The quantitative estimate of drug-likeness (QED) is 0.169. The molecule has 10 nitrogen and oxygen atoms in total. The molecule has 0 fully saturated rings. The lowest BCUT2D eigenvalue weighted by atomic mass is 9.88. The highest BCUT2D eigenvalue weighted by molar-refractivity contribution is 6.08. The Bertz CT molecular complexity index is 1210. The Labute approximate surface area is 189 Å². The number of ether oxygens (including phenoxy) is 2. The number of methoxy groups -OCH3 is 1. The molecular formula is C23H24N4O6. The molecule has 33 heavy (non-hydrogen) atoms. The molecule has 0 radical (unpaired) electrons.